The second-order valence-electron chi connectivity index (χ2n) is 7.79. The van der Waals surface area contributed by atoms with Gasteiger partial charge in [0, 0.05) is 22.9 Å². The number of ether oxygens (including phenoxy) is 1. The molecular weight excluding hydrogens is 392 g/mol. The van der Waals surface area contributed by atoms with Crippen molar-refractivity contribution in [3.05, 3.63) is 72.1 Å². The van der Waals surface area contributed by atoms with Crippen molar-refractivity contribution in [2.24, 2.45) is 0 Å². The van der Waals surface area contributed by atoms with Crippen LogP contribution in [-0.2, 0) is 0 Å². The van der Waals surface area contributed by atoms with Crippen LogP contribution in [0.5, 0.6) is 11.5 Å². The van der Waals surface area contributed by atoms with E-state index < -0.39 is 0 Å². The summed E-state index contributed by atoms with van der Waals surface area (Å²) in [6.07, 6.45) is 4.44. The molecule has 0 aliphatic heterocycles. The average Bonchev–Trinajstić information content (AvgIpc) is 3.49. The van der Waals surface area contributed by atoms with Crippen LogP contribution in [0.3, 0.4) is 0 Å². The number of aryl methyl sites for hydroxylation is 1. The van der Waals surface area contributed by atoms with Gasteiger partial charge >= 0.3 is 5.65 Å². The van der Waals surface area contributed by atoms with Crippen LogP contribution in [0, 0.1) is 6.92 Å². The highest BCUT2D eigenvalue weighted by Crippen LogP contribution is 2.42. The van der Waals surface area contributed by atoms with Gasteiger partial charge in [-0.25, -0.2) is 4.98 Å². The quantitative estimate of drug-likeness (QED) is 0.215. The van der Waals surface area contributed by atoms with E-state index in [1.165, 1.54) is 28.0 Å². The zero-order chi connectivity index (χ0) is 20.7. The van der Waals surface area contributed by atoms with E-state index in [1.807, 2.05) is 37.0 Å². The summed E-state index contributed by atoms with van der Waals surface area (Å²) in [6, 6.07) is 18.8. The Morgan fingerprint density at radius 1 is 1.07 bits per heavy atom. The van der Waals surface area contributed by atoms with Crippen LogP contribution >= 0.6 is 11.8 Å². The molecule has 152 valence electrons. The molecule has 1 fully saturated rings. The molecule has 2 aromatic carbocycles. The second kappa shape index (κ2) is 7.73. The topological polar surface area (TPSA) is 49.1 Å². The van der Waals surface area contributed by atoms with Crippen LogP contribution in [-0.4, -0.2) is 15.9 Å². The molecule has 0 bridgehead atoms. The van der Waals surface area contributed by atoms with Crippen molar-refractivity contribution in [1.82, 2.24) is 4.98 Å². The maximum atomic E-state index is 10.4. The lowest BCUT2D eigenvalue weighted by molar-refractivity contribution is -0.889. The van der Waals surface area contributed by atoms with Crippen molar-refractivity contribution < 1.29 is 14.7 Å². The number of rotatable bonds is 6. The Labute approximate surface area is 180 Å². The molecule has 1 aliphatic carbocycles. The molecule has 0 amide bonds. The molecule has 0 saturated heterocycles. The lowest BCUT2D eigenvalue weighted by Crippen LogP contribution is -2.34. The van der Waals surface area contributed by atoms with Crippen LogP contribution in [0.1, 0.15) is 36.9 Å². The normalized spacial score (nSPS) is 13.7. The van der Waals surface area contributed by atoms with Gasteiger partial charge in [0.25, 0.3) is 0 Å². The molecule has 2 N–H and O–H groups in total. The fourth-order valence-electron chi connectivity index (χ4n) is 3.92. The SMILES string of the molecule is CCSc1ccc(Oc2ccc(C3CC3)cc2)c(-c2cc(C)[n+](O)c3[nH]ccc23)c1. The number of benzene rings is 2. The molecule has 30 heavy (non-hydrogen) atoms. The number of nitrogens with one attached hydrogen (secondary N) is 1. The van der Waals surface area contributed by atoms with E-state index in [2.05, 4.69) is 54.4 Å². The summed E-state index contributed by atoms with van der Waals surface area (Å²) < 4.78 is 7.55. The largest absolute Gasteiger partial charge is 0.457 e. The highest BCUT2D eigenvalue weighted by Gasteiger charge is 2.23. The minimum atomic E-state index is 0.679. The van der Waals surface area contributed by atoms with Gasteiger partial charge in [0.15, 0.2) is 0 Å². The van der Waals surface area contributed by atoms with E-state index in [4.69, 9.17) is 4.74 Å². The summed E-state index contributed by atoms with van der Waals surface area (Å²) in [7, 11) is 0. The zero-order valence-corrected chi connectivity index (χ0v) is 18.0. The first-order valence-corrected chi connectivity index (χ1v) is 11.4. The first-order chi connectivity index (χ1) is 14.6. The highest BCUT2D eigenvalue weighted by molar-refractivity contribution is 7.99. The molecule has 1 saturated carbocycles. The molecule has 0 radical (unpaired) electrons. The van der Waals surface area contributed by atoms with Gasteiger partial charge in [-0.2, -0.15) is 0 Å². The summed E-state index contributed by atoms with van der Waals surface area (Å²) in [6.45, 7) is 4.05. The number of fused-ring (bicyclic) bond motifs is 1. The molecule has 2 aromatic heterocycles. The Hall–Kier alpha value is -2.92. The van der Waals surface area contributed by atoms with Crippen LogP contribution in [0.4, 0.5) is 0 Å². The van der Waals surface area contributed by atoms with E-state index in [0.29, 0.717) is 5.65 Å². The van der Waals surface area contributed by atoms with Crippen molar-refractivity contribution in [3.63, 3.8) is 0 Å². The number of aromatic nitrogens is 2. The van der Waals surface area contributed by atoms with Gasteiger partial charge < -0.3 is 9.94 Å². The molecule has 4 nitrogen and oxygen atoms in total. The van der Waals surface area contributed by atoms with Crippen LogP contribution in [0.25, 0.3) is 22.2 Å². The Kier molecular flexibility index (Phi) is 4.91. The lowest BCUT2D eigenvalue weighted by atomic mass is 10.0. The van der Waals surface area contributed by atoms with E-state index in [0.717, 1.165) is 45.4 Å². The Morgan fingerprint density at radius 2 is 1.87 bits per heavy atom. The van der Waals surface area contributed by atoms with Gasteiger partial charge in [-0.15, -0.1) is 11.8 Å². The van der Waals surface area contributed by atoms with Gasteiger partial charge in [0.05, 0.1) is 11.6 Å². The summed E-state index contributed by atoms with van der Waals surface area (Å²) >= 11 is 1.81. The first kappa shape index (κ1) is 19.1. The van der Waals surface area contributed by atoms with Crippen molar-refractivity contribution in [3.8, 4) is 22.6 Å². The van der Waals surface area contributed by atoms with Crippen molar-refractivity contribution in [1.29, 1.82) is 0 Å². The fourth-order valence-corrected chi connectivity index (χ4v) is 4.62. The molecule has 5 rings (SSSR count). The van der Waals surface area contributed by atoms with Gasteiger partial charge in [0.2, 0.25) is 0 Å². The van der Waals surface area contributed by atoms with Crippen LogP contribution in [0.2, 0.25) is 0 Å². The molecular formula is C25H25N2O2S+. The van der Waals surface area contributed by atoms with Crippen molar-refractivity contribution in [2.75, 3.05) is 5.75 Å². The number of aromatic amines is 1. The molecule has 2 heterocycles. The number of hydrogen-bond donors (Lipinski definition) is 2. The van der Waals surface area contributed by atoms with Gasteiger partial charge in [-0.05, 0) is 77.3 Å². The Morgan fingerprint density at radius 3 is 2.60 bits per heavy atom. The minimum Gasteiger partial charge on any atom is -0.457 e. The van der Waals surface area contributed by atoms with Gasteiger partial charge in [-0.1, -0.05) is 19.1 Å². The number of pyridine rings is 1. The van der Waals surface area contributed by atoms with E-state index in [-0.39, 0.29) is 0 Å². The second-order valence-corrected chi connectivity index (χ2v) is 9.12. The molecule has 1 aliphatic rings. The van der Waals surface area contributed by atoms with E-state index in [9.17, 15) is 5.21 Å². The summed E-state index contributed by atoms with van der Waals surface area (Å²) in [5, 5.41) is 11.3. The fraction of sp³-hybridized carbons (Fsp3) is 0.240. The number of thioether (sulfide) groups is 1. The number of nitrogens with zero attached hydrogens (tertiary/aromatic N) is 1. The molecule has 5 heteroatoms. The van der Waals surface area contributed by atoms with E-state index >= 15 is 0 Å². The molecule has 0 atom stereocenters. The maximum Gasteiger partial charge on any atom is 0.326 e. The van der Waals surface area contributed by atoms with Crippen molar-refractivity contribution >= 4 is 22.8 Å². The average molecular weight is 418 g/mol. The summed E-state index contributed by atoms with van der Waals surface area (Å²) in [5.74, 6) is 3.39. The lowest BCUT2D eigenvalue weighted by Gasteiger charge is -2.14. The third-order valence-electron chi connectivity index (χ3n) is 5.62. The Bertz CT molecular complexity index is 1210. The number of H-pyrrole nitrogens is 1. The standard InChI is InChI=1S/C25H24N2O2S/c1-3-30-20-10-11-24(29-19-8-6-18(7-9-19)17-4-5-17)23(15-20)22-14-16(2)27(28)25-21(22)12-13-26-25/h6-15,17,28H,3-5H2,1-2H3/p+1. The predicted molar refractivity (Wildman–Crippen MR) is 121 cm³/mol. The van der Waals surface area contributed by atoms with Crippen molar-refractivity contribution in [2.45, 2.75) is 37.5 Å². The smallest absolute Gasteiger partial charge is 0.326 e. The van der Waals surface area contributed by atoms with Crippen LogP contribution in [0.15, 0.2) is 65.7 Å². The maximum absolute atomic E-state index is 10.4. The zero-order valence-electron chi connectivity index (χ0n) is 17.2. The first-order valence-electron chi connectivity index (χ1n) is 10.4. The monoisotopic (exact) mass is 417 g/mol. The van der Waals surface area contributed by atoms with Crippen LogP contribution < -0.4 is 9.47 Å². The predicted octanol–water partition coefficient (Wildman–Crippen LogP) is 6.45. The Balaban J connectivity index is 1.60. The van der Waals surface area contributed by atoms with E-state index in [1.54, 1.807) is 0 Å². The third kappa shape index (κ3) is 3.54. The number of hydrogen-bond acceptors (Lipinski definition) is 3. The summed E-state index contributed by atoms with van der Waals surface area (Å²) in [5.41, 5.74) is 4.90. The highest BCUT2D eigenvalue weighted by atomic mass is 32.2. The summed E-state index contributed by atoms with van der Waals surface area (Å²) in [4.78, 5) is 4.34. The molecule has 0 unspecified atom stereocenters. The minimum absolute atomic E-state index is 0.679. The van der Waals surface area contributed by atoms with Gasteiger partial charge in [0.1, 0.15) is 17.2 Å². The van der Waals surface area contributed by atoms with Gasteiger partial charge in [-0.3, -0.25) is 0 Å². The molecule has 4 aromatic rings. The third-order valence-corrected chi connectivity index (χ3v) is 6.50. The molecule has 0 spiro atoms.